The van der Waals surface area contributed by atoms with E-state index in [2.05, 4.69) is 9.97 Å². The Morgan fingerprint density at radius 3 is 2.92 bits per heavy atom. The highest BCUT2D eigenvalue weighted by atomic mass is 16.5. The molecule has 66 valence electrons. The van der Waals surface area contributed by atoms with Crippen molar-refractivity contribution in [1.82, 2.24) is 9.97 Å². The van der Waals surface area contributed by atoms with E-state index in [1.165, 1.54) is 6.20 Å². The maximum atomic E-state index is 8.74. The first-order valence-electron chi connectivity index (χ1n) is 3.63. The first kappa shape index (κ1) is 8.73. The van der Waals surface area contributed by atoms with Crippen LogP contribution in [0.3, 0.4) is 0 Å². The van der Waals surface area contributed by atoms with Crippen molar-refractivity contribution in [3.8, 4) is 6.01 Å². The summed E-state index contributed by atoms with van der Waals surface area (Å²) in [5.74, 6) is 0.260. The van der Waals surface area contributed by atoms with Gasteiger partial charge in [-0.25, -0.2) is 4.98 Å². The van der Waals surface area contributed by atoms with Crippen molar-refractivity contribution in [1.29, 1.82) is 0 Å². The highest BCUT2D eigenvalue weighted by Crippen LogP contribution is 2.10. The summed E-state index contributed by atoms with van der Waals surface area (Å²) in [6, 6.07) is 0.243. The number of anilines is 1. The summed E-state index contributed by atoms with van der Waals surface area (Å²) in [6.07, 6.45) is 1.45. The second kappa shape index (κ2) is 3.87. The molecule has 0 fully saturated rings. The molecule has 0 aliphatic heterocycles. The van der Waals surface area contributed by atoms with Crippen molar-refractivity contribution in [2.45, 2.75) is 13.5 Å². The molecule has 0 unspecified atom stereocenters. The van der Waals surface area contributed by atoms with E-state index in [-0.39, 0.29) is 18.4 Å². The zero-order valence-corrected chi connectivity index (χ0v) is 6.82. The summed E-state index contributed by atoms with van der Waals surface area (Å²) in [7, 11) is 0. The molecule has 1 aromatic heterocycles. The predicted octanol–water partition coefficient (Wildman–Crippen LogP) is -0.0502. The zero-order valence-electron chi connectivity index (χ0n) is 6.82. The van der Waals surface area contributed by atoms with Gasteiger partial charge < -0.3 is 15.6 Å². The molecule has 1 aromatic rings. The van der Waals surface area contributed by atoms with E-state index in [1.807, 2.05) is 6.92 Å². The molecule has 0 atom stereocenters. The van der Waals surface area contributed by atoms with Gasteiger partial charge in [0.1, 0.15) is 5.82 Å². The number of aliphatic hydroxyl groups excluding tert-OH is 1. The van der Waals surface area contributed by atoms with Crippen molar-refractivity contribution in [2.24, 2.45) is 0 Å². The number of aromatic nitrogens is 2. The molecule has 5 heteroatoms. The number of hydrogen-bond donors (Lipinski definition) is 2. The fourth-order valence-electron chi connectivity index (χ4n) is 0.723. The summed E-state index contributed by atoms with van der Waals surface area (Å²) in [5.41, 5.74) is 5.98. The Bertz CT molecular complexity index is 265. The highest BCUT2D eigenvalue weighted by Gasteiger charge is 2.02. The lowest BCUT2D eigenvalue weighted by Gasteiger charge is -2.03. The van der Waals surface area contributed by atoms with E-state index in [0.29, 0.717) is 12.2 Å². The zero-order chi connectivity index (χ0) is 8.97. The first-order chi connectivity index (χ1) is 5.77. The molecule has 1 heterocycles. The standard InChI is InChI=1S/C7H11N3O2/c1-2-12-7-9-3-5(4-11)6(8)10-7/h3,11H,2,4H2,1H3,(H2,8,9,10). The molecule has 0 aromatic carbocycles. The van der Waals surface area contributed by atoms with Crippen LogP contribution in [0, 0.1) is 0 Å². The largest absolute Gasteiger partial charge is 0.464 e. The van der Waals surface area contributed by atoms with Crippen LogP contribution in [-0.4, -0.2) is 21.7 Å². The van der Waals surface area contributed by atoms with Gasteiger partial charge in [0, 0.05) is 11.8 Å². The summed E-state index contributed by atoms with van der Waals surface area (Å²) in [6.45, 7) is 2.18. The molecule has 0 spiro atoms. The molecular formula is C7H11N3O2. The van der Waals surface area contributed by atoms with E-state index in [1.54, 1.807) is 0 Å². The summed E-state index contributed by atoms with van der Waals surface area (Å²) >= 11 is 0. The van der Waals surface area contributed by atoms with Gasteiger partial charge in [-0.2, -0.15) is 4.98 Å². The van der Waals surface area contributed by atoms with Crippen LogP contribution in [0.4, 0.5) is 5.82 Å². The first-order valence-corrected chi connectivity index (χ1v) is 3.63. The third-order valence-electron chi connectivity index (χ3n) is 1.32. The lowest BCUT2D eigenvalue weighted by Crippen LogP contribution is -2.03. The quantitative estimate of drug-likeness (QED) is 0.663. The Morgan fingerprint density at radius 2 is 2.42 bits per heavy atom. The Labute approximate surface area is 70.2 Å². The van der Waals surface area contributed by atoms with Crippen LogP contribution in [0.25, 0.3) is 0 Å². The minimum Gasteiger partial charge on any atom is -0.464 e. The Morgan fingerprint density at radius 1 is 1.67 bits per heavy atom. The van der Waals surface area contributed by atoms with Crippen molar-refractivity contribution >= 4 is 5.82 Å². The van der Waals surface area contributed by atoms with E-state index in [0.717, 1.165) is 0 Å². The molecule has 0 bridgehead atoms. The van der Waals surface area contributed by atoms with Gasteiger partial charge in [-0.05, 0) is 6.92 Å². The van der Waals surface area contributed by atoms with Crippen LogP contribution < -0.4 is 10.5 Å². The van der Waals surface area contributed by atoms with Crippen molar-refractivity contribution in [2.75, 3.05) is 12.3 Å². The number of ether oxygens (including phenoxy) is 1. The number of nitrogen functional groups attached to an aromatic ring is 1. The van der Waals surface area contributed by atoms with E-state index >= 15 is 0 Å². The van der Waals surface area contributed by atoms with Crippen LogP contribution in [0.2, 0.25) is 0 Å². The van der Waals surface area contributed by atoms with E-state index in [9.17, 15) is 0 Å². The molecule has 0 saturated heterocycles. The average Bonchev–Trinajstić information content (AvgIpc) is 2.05. The van der Waals surface area contributed by atoms with Crippen molar-refractivity contribution in [3.63, 3.8) is 0 Å². The number of rotatable bonds is 3. The molecule has 5 nitrogen and oxygen atoms in total. The van der Waals surface area contributed by atoms with Gasteiger partial charge in [0.05, 0.1) is 13.2 Å². The lowest BCUT2D eigenvalue weighted by atomic mass is 10.3. The maximum Gasteiger partial charge on any atom is 0.318 e. The molecule has 1 rings (SSSR count). The van der Waals surface area contributed by atoms with Gasteiger partial charge in [-0.15, -0.1) is 0 Å². The van der Waals surface area contributed by atoms with Gasteiger partial charge in [-0.3, -0.25) is 0 Å². The second-order valence-electron chi connectivity index (χ2n) is 2.15. The fraction of sp³-hybridized carbons (Fsp3) is 0.429. The fourth-order valence-corrected chi connectivity index (χ4v) is 0.723. The van der Waals surface area contributed by atoms with Gasteiger partial charge in [0.25, 0.3) is 0 Å². The maximum absolute atomic E-state index is 8.74. The average molecular weight is 169 g/mol. The van der Waals surface area contributed by atoms with Crippen molar-refractivity contribution in [3.05, 3.63) is 11.8 Å². The molecule has 0 aliphatic carbocycles. The SMILES string of the molecule is CCOc1ncc(CO)c(N)n1. The molecule has 0 saturated carbocycles. The molecule has 0 radical (unpaired) electrons. The highest BCUT2D eigenvalue weighted by molar-refractivity contribution is 5.37. The molecular weight excluding hydrogens is 158 g/mol. The third-order valence-corrected chi connectivity index (χ3v) is 1.32. The number of nitrogens with two attached hydrogens (primary N) is 1. The normalized spacial score (nSPS) is 9.83. The molecule has 0 aliphatic rings. The number of nitrogens with zero attached hydrogens (tertiary/aromatic N) is 2. The van der Waals surface area contributed by atoms with Crippen molar-refractivity contribution < 1.29 is 9.84 Å². The van der Waals surface area contributed by atoms with Crippen LogP contribution in [0.1, 0.15) is 12.5 Å². The van der Waals surface area contributed by atoms with Gasteiger partial charge in [0.15, 0.2) is 0 Å². The lowest BCUT2D eigenvalue weighted by molar-refractivity contribution is 0.279. The Kier molecular flexibility index (Phi) is 2.82. The van der Waals surface area contributed by atoms with Crippen LogP contribution in [0.15, 0.2) is 6.20 Å². The van der Waals surface area contributed by atoms with E-state index in [4.69, 9.17) is 15.6 Å². The third kappa shape index (κ3) is 1.82. The monoisotopic (exact) mass is 169 g/mol. The van der Waals surface area contributed by atoms with Gasteiger partial charge in [-0.1, -0.05) is 0 Å². The van der Waals surface area contributed by atoms with Gasteiger partial charge >= 0.3 is 6.01 Å². The minimum atomic E-state index is -0.155. The molecule has 3 N–H and O–H groups in total. The molecule has 0 amide bonds. The number of hydrogen-bond acceptors (Lipinski definition) is 5. The minimum absolute atomic E-state index is 0.155. The van der Waals surface area contributed by atoms with Crippen LogP contribution in [0.5, 0.6) is 6.01 Å². The topological polar surface area (TPSA) is 81.3 Å². The van der Waals surface area contributed by atoms with Crippen LogP contribution in [-0.2, 0) is 6.61 Å². The van der Waals surface area contributed by atoms with E-state index < -0.39 is 0 Å². The smallest absolute Gasteiger partial charge is 0.318 e. The molecule has 12 heavy (non-hydrogen) atoms. The predicted molar refractivity (Wildman–Crippen MR) is 43.5 cm³/mol. The summed E-state index contributed by atoms with van der Waals surface area (Å²) in [5, 5.41) is 8.74. The summed E-state index contributed by atoms with van der Waals surface area (Å²) < 4.78 is 5.00. The van der Waals surface area contributed by atoms with Crippen LogP contribution >= 0.6 is 0 Å². The number of aliphatic hydroxyl groups is 1. The Hall–Kier alpha value is -1.36. The summed E-state index contributed by atoms with van der Waals surface area (Å²) in [4.78, 5) is 7.64. The van der Waals surface area contributed by atoms with Gasteiger partial charge in [0.2, 0.25) is 0 Å². The second-order valence-corrected chi connectivity index (χ2v) is 2.15. The Balaban J connectivity index is 2.86.